The van der Waals surface area contributed by atoms with Crippen molar-refractivity contribution < 1.29 is 4.79 Å². The molecule has 4 rings (SSSR count). The number of nitrogens with one attached hydrogen (secondary N) is 1. The zero-order valence-electron chi connectivity index (χ0n) is 17.5. The molecule has 1 atom stereocenters. The Morgan fingerprint density at radius 2 is 1.90 bits per heavy atom. The zero-order chi connectivity index (χ0) is 20.8. The molecule has 0 unspecified atom stereocenters. The third-order valence-electron chi connectivity index (χ3n) is 6.39. The minimum Gasteiger partial charge on any atom is -0.383 e. The molecular weight excluding hydrogens is 376 g/mol. The standard InChI is InChI=1S/C23H32N6O/c24-22-18(5-3-11-26-22)16-28-13-8-21(9-14-28)29-12-4-6-19(17-29)23(30)27-15-20-7-1-2-10-25-20/h1-3,5,7,10-11,19,21H,4,6,8-9,12-17H2,(H2,24,26)(H,27,30)/t19-/m1/s1. The maximum absolute atomic E-state index is 12.7. The van der Waals surface area contributed by atoms with Crippen LogP contribution in [0.1, 0.15) is 36.9 Å². The summed E-state index contributed by atoms with van der Waals surface area (Å²) < 4.78 is 0. The molecule has 0 spiro atoms. The number of anilines is 1. The molecule has 0 radical (unpaired) electrons. The van der Waals surface area contributed by atoms with E-state index in [1.165, 1.54) is 0 Å². The van der Waals surface area contributed by atoms with Gasteiger partial charge in [0, 0.05) is 37.1 Å². The number of carbonyl (C=O) groups is 1. The van der Waals surface area contributed by atoms with Crippen LogP contribution in [0.3, 0.4) is 0 Å². The first-order chi connectivity index (χ1) is 14.7. The summed E-state index contributed by atoms with van der Waals surface area (Å²) >= 11 is 0. The van der Waals surface area contributed by atoms with Crippen LogP contribution in [0.25, 0.3) is 0 Å². The van der Waals surface area contributed by atoms with Crippen molar-refractivity contribution in [2.75, 3.05) is 31.9 Å². The first-order valence-corrected chi connectivity index (χ1v) is 11.0. The van der Waals surface area contributed by atoms with E-state index in [1.807, 2.05) is 24.3 Å². The highest BCUT2D eigenvalue weighted by molar-refractivity contribution is 5.78. The number of piperidine rings is 2. The van der Waals surface area contributed by atoms with Gasteiger partial charge in [0.1, 0.15) is 5.82 Å². The highest BCUT2D eigenvalue weighted by atomic mass is 16.1. The molecule has 2 fully saturated rings. The summed E-state index contributed by atoms with van der Waals surface area (Å²) in [5.41, 5.74) is 8.01. The molecule has 30 heavy (non-hydrogen) atoms. The van der Waals surface area contributed by atoms with Gasteiger partial charge in [-0.15, -0.1) is 0 Å². The second kappa shape index (κ2) is 10.00. The third kappa shape index (κ3) is 5.34. The van der Waals surface area contributed by atoms with Crippen LogP contribution in [0.2, 0.25) is 0 Å². The van der Waals surface area contributed by atoms with Gasteiger partial charge in [-0.2, -0.15) is 0 Å². The molecule has 2 aliphatic heterocycles. The highest BCUT2D eigenvalue weighted by Gasteiger charge is 2.31. The van der Waals surface area contributed by atoms with Crippen LogP contribution in [-0.4, -0.2) is 57.9 Å². The molecule has 0 aromatic carbocycles. The number of nitrogens with two attached hydrogens (primary N) is 1. The molecule has 2 aromatic heterocycles. The molecule has 7 nitrogen and oxygen atoms in total. The van der Waals surface area contributed by atoms with Crippen molar-refractivity contribution in [2.45, 2.75) is 44.8 Å². The van der Waals surface area contributed by atoms with Gasteiger partial charge >= 0.3 is 0 Å². The van der Waals surface area contributed by atoms with Crippen molar-refractivity contribution in [1.29, 1.82) is 0 Å². The molecule has 3 N–H and O–H groups in total. The second-order valence-electron chi connectivity index (χ2n) is 8.43. The molecule has 160 valence electrons. The maximum atomic E-state index is 12.7. The Morgan fingerprint density at radius 1 is 1.07 bits per heavy atom. The topological polar surface area (TPSA) is 87.4 Å². The fourth-order valence-electron chi connectivity index (χ4n) is 4.64. The summed E-state index contributed by atoms with van der Waals surface area (Å²) in [6.07, 6.45) is 7.85. The van der Waals surface area contributed by atoms with E-state index >= 15 is 0 Å². The van der Waals surface area contributed by atoms with Crippen LogP contribution in [0.5, 0.6) is 0 Å². The van der Waals surface area contributed by atoms with Crippen LogP contribution < -0.4 is 11.1 Å². The van der Waals surface area contributed by atoms with Gasteiger partial charge in [0.15, 0.2) is 0 Å². The van der Waals surface area contributed by atoms with Gasteiger partial charge in [0.05, 0.1) is 18.2 Å². The van der Waals surface area contributed by atoms with Crippen LogP contribution in [0.15, 0.2) is 42.7 Å². The molecule has 2 saturated heterocycles. The lowest BCUT2D eigenvalue weighted by Crippen LogP contribution is -2.50. The smallest absolute Gasteiger partial charge is 0.224 e. The summed E-state index contributed by atoms with van der Waals surface area (Å²) in [7, 11) is 0. The SMILES string of the molecule is Nc1ncccc1CN1CCC(N2CCC[C@@H](C(=O)NCc3ccccn3)C2)CC1. The zero-order valence-corrected chi connectivity index (χ0v) is 17.5. The van der Waals surface area contributed by atoms with E-state index < -0.39 is 0 Å². The number of hydrogen-bond donors (Lipinski definition) is 2. The monoisotopic (exact) mass is 408 g/mol. The number of amides is 1. The number of pyridine rings is 2. The van der Waals surface area contributed by atoms with Crippen molar-refractivity contribution in [3.05, 3.63) is 54.0 Å². The molecule has 0 saturated carbocycles. The van der Waals surface area contributed by atoms with E-state index in [0.29, 0.717) is 18.4 Å². The van der Waals surface area contributed by atoms with Gasteiger partial charge < -0.3 is 11.1 Å². The third-order valence-corrected chi connectivity index (χ3v) is 6.39. The molecule has 0 bridgehead atoms. The van der Waals surface area contributed by atoms with Crippen molar-refractivity contribution in [3.8, 4) is 0 Å². The van der Waals surface area contributed by atoms with E-state index in [1.54, 1.807) is 12.4 Å². The molecule has 4 heterocycles. The lowest BCUT2D eigenvalue weighted by molar-refractivity contribution is -0.127. The van der Waals surface area contributed by atoms with E-state index in [9.17, 15) is 4.79 Å². The molecular formula is C23H32N6O. The maximum Gasteiger partial charge on any atom is 0.224 e. The number of hydrogen-bond acceptors (Lipinski definition) is 6. The minimum absolute atomic E-state index is 0.0793. The fraction of sp³-hybridized carbons (Fsp3) is 0.522. The van der Waals surface area contributed by atoms with Crippen molar-refractivity contribution >= 4 is 11.7 Å². The number of aromatic nitrogens is 2. The number of carbonyl (C=O) groups excluding carboxylic acids is 1. The van der Waals surface area contributed by atoms with Gasteiger partial charge in [-0.1, -0.05) is 12.1 Å². The minimum atomic E-state index is 0.0793. The molecule has 1 amide bonds. The Labute approximate surface area is 178 Å². The lowest BCUT2D eigenvalue weighted by atomic mass is 9.93. The van der Waals surface area contributed by atoms with Crippen LogP contribution in [-0.2, 0) is 17.9 Å². The summed E-state index contributed by atoms with van der Waals surface area (Å²) in [6.45, 7) is 5.47. The van der Waals surface area contributed by atoms with Gasteiger partial charge in [-0.25, -0.2) is 4.98 Å². The van der Waals surface area contributed by atoms with Crippen LogP contribution in [0, 0.1) is 5.92 Å². The molecule has 7 heteroatoms. The predicted molar refractivity (Wildman–Crippen MR) is 117 cm³/mol. The number of likely N-dealkylation sites (tertiary alicyclic amines) is 2. The number of nitrogen functional groups attached to an aromatic ring is 1. The summed E-state index contributed by atoms with van der Waals surface area (Å²) in [6, 6.07) is 10.4. The second-order valence-corrected chi connectivity index (χ2v) is 8.43. The molecule has 2 aliphatic rings. The average Bonchev–Trinajstić information content (AvgIpc) is 2.80. The Morgan fingerprint density at radius 3 is 2.67 bits per heavy atom. The van der Waals surface area contributed by atoms with Crippen LogP contribution in [0.4, 0.5) is 5.82 Å². The first kappa shape index (κ1) is 20.8. The Balaban J connectivity index is 1.24. The van der Waals surface area contributed by atoms with Crippen LogP contribution >= 0.6 is 0 Å². The lowest BCUT2D eigenvalue weighted by Gasteiger charge is -2.42. The van der Waals surface area contributed by atoms with Gasteiger partial charge in [-0.3, -0.25) is 19.6 Å². The summed E-state index contributed by atoms with van der Waals surface area (Å²) in [4.78, 5) is 26.2. The summed E-state index contributed by atoms with van der Waals surface area (Å²) in [5.74, 6) is 0.876. The van der Waals surface area contributed by atoms with E-state index in [0.717, 1.165) is 69.7 Å². The fourth-order valence-corrected chi connectivity index (χ4v) is 4.64. The number of rotatable bonds is 6. The average molecular weight is 409 g/mol. The van der Waals surface area contributed by atoms with Crippen molar-refractivity contribution in [3.63, 3.8) is 0 Å². The van der Waals surface area contributed by atoms with E-state index in [2.05, 4.69) is 31.2 Å². The Bertz CT molecular complexity index is 821. The highest BCUT2D eigenvalue weighted by Crippen LogP contribution is 2.25. The number of nitrogens with zero attached hydrogens (tertiary/aromatic N) is 4. The Kier molecular flexibility index (Phi) is 6.92. The largest absolute Gasteiger partial charge is 0.383 e. The normalized spacial score (nSPS) is 21.4. The van der Waals surface area contributed by atoms with Gasteiger partial charge in [0.25, 0.3) is 0 Å². The van der Waals surface area contributed by atoms with Crippen molar-refractivity contribution in [1.82, 2.24) is 25.1 Å². The van der Waals surface area contributed by atoms with E-state index in [4.69, 9.17) is 5.73 Å². The predicted octanol–water partition coefficient (Wildman–Crippen LogP) is 2.05. The van der Waals surface area contributed by atoms with E-state index in [-0.39, 0.29) is 11.8 Å². The quantitative estimate of drug-likeness (QED) is 0.761. The molecule has 0 aliphatic carbocycles. The summed E-state index contributed by atoms with van der Waals surface area (Å²) in [5, 5.41) is 3.08. The van der Waals surface area contributed by atoms with Gasteiger partial charge in [-0.05, 0) is 63.5 Å². The van der Waals surface area contributed by atoms with Gasteiger partial charge in [0.2, 0.25) is 5.91 Å². The molecule has 2 aromatic rings. The van der Waals surface area contributed by atoms with Crippen molar-refractivity contribution in [2.24, 2.45) is 5.92 Å². The Hall–Kier alpha value is -2.51. The first-order valence-electron chi connectivity index (χ1n) is 11.0.